The van der Waals surface area contributed by atoms with E-state index in [9.17, 15) is 17.6 Å². The molecule has 0 spiro atoms. The maximum absolute atomic E-state index is 13.9. The van der Waals surface area contributed by atoms with Crippen LogP contribution in [0.2, 0.25) is 0 Å². The van der Waals surface area contributed by atoms with Crippen LogP contribution in [0, 0.1) is 12.7 Å². The topological polar surface area (TPSA) is 38.0 Å². The Hall–Kier alpha value is -1.92. The SMILES string of the molecule is Cc1cccc(C(NN)c2cc(C(F)(F)F)ccc2F)c1. The van der Waals surface area contributed by atoms with Gasteiger partial charge in [-0.2, -0.15) is 13.2 Å². The monoisotopic (exact) mass is 298 g/mol. The van der Waals surface area contributed by atoms with Crippen molar-refractivity contribution in [2.45, 2.75) is 19.1 Å². The van der Waals surface area contributed by atoms with Crippen LogP contribution in [-0.2, 0) is 6.18 Å². The van der Waals surface area contributed by atoms with Crippen LogP contribution in [-0.4, -0.2) is 0 Å². The largest absolute Gasteiger partial charge is 0.416 e. The van der Waals surface area contributed by atoms with Crippen molar-refractivity contribution in [2.75, 3.05) is 0 Å². The molecule has 0 heterocycles. The molecule has 0 fully saturated rings. The van der Waals surface area contributed by atoms with Crippen molar-refractivity contribution in [3.8, 4) is 0 Å². The first-order chi connectivity index (χ1) is 9.82. The van der Waals surface area contributed by atoms with Gasteiger partial charge in [0.05, 0.1) is 11.6 Å². The lowest BCUT2D eigenvalue weighted by Crippen LogP contribution is -2.30. The van der Waals surface area contributed by atoms with Crippen LogP contribution in [0.1, 0.15) is 28.3 Å². The van der Waals surface area contributed by atoms with Crippen LogP contribution in [0.15, 0.2) is 42.5 Å². The molecular weight excluding hydrogens is 284 g/mol. The Kier molecular flexibility index (Phi) is 4.29. The second-order valence-electron chi connectivity index (χ2n) is 4.75. The number of rotatable bonds is 3. The van der Waals surface area contributed by atoms with Gasteiger partial charge in [0, 0.05) is 5.56 Å². The average Bonchev–Trinajstić information content (AvgIpc) is 2.40. The van der Waals surface area contributed by atoms with E-state index in [-0.39, 0.29) is 5.56 Å². The minimum Gasteiger partial charge on any atom is -0.271 e. The third kappa shape index (κ3) is 3.40. The van der Waals surface area contributed by atoms with E-state index < -0.39 is 23.6 Å². The van der Waals surface area contributed by atoms with E-state index in [0.29, 0.717) is 11.6 Å². The molecule has 0 amide bonds. The maximum atomic E-state index is 13.9. The Morgan fingerprint density at radius 1 is 1.10 bits per heavy atom. The standard InChI is InChI=1S/C15H14F4N2/c1-9-3-2-4-10(7-9)14(21-20)12-8-11(15(17,18)19)5-6-13(12)16/h2-8,14,21H,20H2,1H3. The molecule has 0 aliphatic carbocycles. The van der Waals surface area contributed by atoms with Crippen LogP contribution in [0.25, 0.3) is 0 Å². The number of halogens is 4. The van der Waals surface area contributed by atoms with Crippen LogP contribution in [0.5, 0.6) is 0 Å². The summed E-state index contributed by atoms with van der Waals surface area (Å²) in [5, 5.41) is 0. The second kappa shape index (κ2) is 5.83. The number of alkyl halides is 3. The van der Waals surface area contributed by atoms with Crippen molar-refractivity contribution in [2.24, 2.45) is 5.84 Å². The Morgan fingerprint density at radius 2 is 1.81 bits per heavy atom. The van der Waals surface area contributed by atoms with Gasteiger partial charge in [-0.15, -0.1) is 0 Å². The zero-order valence-corrected chi connectivity index (χ0v) is 11.2. The summed E-state index contributed by atoms with van der Waals surface area (Å²) >= 11 is 0. The van der Waals surface area contributed by atoms with Crippen LogP contribution >= 0.6 is 0 Å². The summed E-state index contributed by atoms with van der Waals surface area (Å²) in [6.07, 6.45) is -4.53. The molecular formula is C15H14F4N2. The summed E-state index contributed by atoms with van der Waals surface area (Å²) in [6, 6.07) is 8.43. The Morgan fingerprint density at radius 3 is 2.38 bits per heavy atom. The minimum absolute atomic E-state index is 0.141. The molecule has 2 aromatic rings. The van der Waals surface area contributed by atoms with Crippen molar-refractivity contribution in [3.63, 3.8) is 0 Å². The van der Waals surface area contributed by atoms with E-state index in [4.69, 9.17) is 5.84 Å². The van der Waals surface area contributed by atoms with Gasteiger partial charge in [0.25, 0.3) is 0 Å². The summed E-state index contributed by atoms with van der Waals surface area (Å²) in [5.41, 5.74) is 2.82. The molecule has 3 N–H and O–H groups in total. The van der Waals surface area contributed by atoms with Crippen molar-refractivity contribution >= 4 is 0 Å². The highest BCUT2D eigenvalue weighted by Gasteiger charge is 2.32. The molecule has 2 rings (SSSR count). The first-order valence-electron chi connectivity index (χ1n) is 6.22. The van der Waals surface area contributed by atoms with Crippen molar-refractivity contribution in [3.05, 3.63) is 70.5 Å². The summed E-state index contributed by atoms with van der Waals surface area (Å²) in [5.74, 6) is 4.67. The summed E-state index contributed by atoms with van der Waals surface area (Å²) < 4.78 is 52.2. The zero-order chi connectivity index (χ0) is 15.6. The third-order valence-corrected chi connectivity index (χ3v) is 3.18. The molecule has 0 aromatic heterocycles. The predicted octanol–water partition coefficient (Wildman–Crippen LogP) is 3.71. The number of nitrogens with one attached hydrogen (secondary N) is 1. The fourth-order valence-corrected chi connectivity index (χ4v) is 2.16. The molecule has 2 nitrogen and oxygen atoms in total. The summed E-state index contributed by atoms with van der Waals surface area (Å²) in [7, 11) is 0. The molecule has 0 saturated heterocycles. The van der Waals surface area contributed by atoms with Gasteiger partial charge in [-0.25, -0.2) is 9.82 Å². The number of hydrogen-bond acceptors (Lipinski definition) is 2. The molecule has 2 aromatic carbocycles. The molecule has 6 heteroatoms. The molecule has 0 saturated carbocycles. The molecule has 21 heavy (non-hydrogen) atoms. The number of nitrogens with two attached hydrogens (primary N) is 1. The first-order valence-corrected chi connectivity index (χ1v) is 6.22. The number of hydrazine groups is 1. The lowest BCUT2D eigenvalue weighted by molar-refractivity contribution is -0.137. The van der Waals surface area contributed by atoms with Crippen LogP contribution in [0.4, 0.5) is 17.6 Å². The van der Waals surface area contributed by atoms with Gasteiger partial charge in [-0.3, -0.25) is 5.84 Å². The van der Waals surface area contributed by atoms with Gasteiger partial charge in [-0.1, -0.05) is 29.8 Å². The predicted molar refractivity (Wildman–Crippen MR) is 71.7 cm³/mol. The molecule has 1 unspecified atom stereocenters. The number of hydrogen-bond donors (Lipinski definition) is 2. The average molecular weight is 298 g/mol. The van der Waals surface area contributed by atoms with Gasteiger partial charge in [0.2, 0.25) is 0 Å². The van der Waals surface area contributed by atoms with Crippen LogP contribution in [0.3, 0.4) is 0 Å². The molecule has 112 valence electrons. The van der Waals surface area contributed by atoms with Crippen molar-refractivity contribution < 1.29 is 17.6 Å². The molecule has 0 aliphatic heterocycles. The molecule has 0 aliphatic rings. The number of aryl methyl sites for hydroxylation is 1. The van der Waals surface area contributed by atoms with E-state index in [1.165, 1.54) is 0 Å². The quantitative estimate of drug-likeness (QED) is 0.515. The Labute approximate surface area is 119 Å². The lowest BCUT2D eigenvalue weighted by Gasteiger charge is -2.19. The van der Waals surface area contributed by atoms with Crippen molar-refractivity contribution in [1.29, 1.82) is 0 Å². The van der Waals surface area contributed by atoms with Gasteiger partial charge in [0.1, 0.15) is 5.82 Å². The molecule has 1 atom stereocenters. The Balaban J connectivity index is 2.52. The minimum atomic E-state index is -4.53. The highest BCUT2D eigenvalue weighted by molar-refractivity contribution is 5.37. The van der Waals surface area contributed by atoms with E-state index >= 15 is 0 Å². The third-order valence-electron chi connectivity index (χ3n) is 3.18. The number of benzene rings is 2. The van der Waals surface area contributed by atoms with E-state index in [2.05, 4.69) is 5.43 Å². The van der Waals surface area contributed by atoms with E-state index in [0.717, 1.165) is 17.7 Å². The fraction of sp³-hybridized carbons (Fsp3) is 0.200. The summed E-state index contributed by atoms with van der Waals surface area (Å²) in [6.45, 7) is 1.83. The maximum Gasteiger partial charge on any atom is 0.416 e. The molecule has 0 radical (unpaired) electrons. The second-order valence-corrected chi connectivity index (χ2v) is 4.75. The summed E-state index contributed by atoms with van der Waals surface area (Å²) in [4.78, 5) is 0. The first kappa shape index (κ1) is 15.5. The molecule has 0 bridgehead atoms. The van der Waals surface area contributed by atoms with E-state index in [1.807, 2.05) is 13.0 Å². The fourth-order valence-electron chi connectivity index (χ4n) is 2.16. The van der Waals surface area contributed by atoms with E-state index in [1.54, 1.807) is 18.2 Å². The smallest absolute Gasteiger partial charge is 0.271 e. The highest BCUT2D eigenvalue weighted by Crippen LogP contribution is 2.33. The Bertz CT molecular complexity index is 638. The zero-order valence-electron chi connectivity index (χ0n) is 11.2. The van der Waals surface area contributed by atoms with Gasteiger partial charge < -0.3 is 0 Å². The van der Waals surface area contributed by atoms with Gasteiger partial charge >= 0.3 is 6.18 Å². The highest BCUT2D eigenvalue weighted by atomic mass is 19.4. The van der Waals surface area contributed by atoms with Crippen molar-refractivity contribution in [1.82, 2.24) is 5.43 Å². The van der Waals surface area contributed by atoms with Gasteiger partial charge in [-0.05, 0) is 30.7 Å². The van der Waals surface area contributed by atoms with Gasteiger partial charge in [0.15, 0.2) is 0 Å². The van der Waals surface area contributed by atoms with Crippen LogP contribution < -0.4 is 11.3 Å². The normalized spacial score (nSPS) is 13.2. The lowest BCUT2D eigenvalue weighted by atomic mass is 9.96.